The highest BCUT2D eigenvalue weighted by molar-refractivity contribution is 6.03. The first-order valence-electron chi connectivity index (χ1n) is 13.2. The largest absolute Gasteiger partial charge is 0.369 e. The summed E-state index contributed by atoms with van der Waals surface area (Å²) in [5.41, 5.74) is 6.46. The van der Waals surface area contributed by atoms with Crippen LogP contribution in [0.2, 0.25) is 0 Å². The van der Waals surface area contributed by atoms with E-state index in [1.54, 1.807) is 17.0 Å². The highest BCUT2D eigenvalue weighted by Gasteiger charge is 2.26. The summed E-state index contributed by atoms with van der Waals surface area (Å²) in [6, 6.07) is 23.9. The highest BCUT2D eigenvalue weighted by Crippen LogP contribution is 2.38. The minimum absolute atomic E-state index is 0.531. The zero-order chi connectivity index (χ0) is 27.6. The molecule has 1 atom stereocenters. The van der Waals surface area contributed by atoms with Crippen LogP contribution in [0.25, 0.3) is 21.8 Å². The van der Waals surface area contributed by atoms with Crippen molar-refractivity contribution in [2.75, 3.05) is 10.6 Å². The van der Waals surface area contributed by atoms with Gasteiger partial charge in [-0.25, -0.2) is 9.97 Å². The second-order valence-corrected chi connectivity index (χ2v) is 9.84. The number of H-pyrrole nitrogens is 1. The number of aromatic amines is 1. The molecule has 8 nitrogen and oxygen atoms in total. The topological polar surface area (TPSA) is 108 Å². The molecule has 40 heavy (non-hydrogen) atoms. The van der Waals surface area contributed by atoms with Crippen LogP contribution in [-0.4, -0.2) is 30.9 Å². The van der Waals surface area contributed by atoms with Gasteiger partial charge in [-0.3, -0.25) is 4.79 Å². The predicted octanol–water partition coefficient (Wildman–Crippen LogP) is 6.11. The Balaban J connectivity index is 1.43. The molecular formula is C32H30N6O2. The van der Waals surface area contributed by atoms with Gasteiger partial charge in [-0.05, 0) is 37.1 Å². The van der Waals surface area contributed by atoms with Crippen molar-refractivity contribution in [1.29, 1.82) is 0 Å². The molecule has 0 bridgehead atoms. The number of benzene rings is 2. The zero-order valence-electron chi connectivity index (χ0n) is 22.3. The van der Waals surface area contributed by atoms with Crippen molar-refractivity contribution in [2.45, 2.75) is 33.2 Å². The number of rotatable bonds is 9. The Morgan fingerprint density at radius 2 is 1.43 bits per heavy atom. The van der Waals surface area contributed by atoms with Gasteiger partial charge in [0, 0.05) is 58.8 Å². The van der Waals surface area contributed by atoms with Gasteiger partial charge in [0.25, 0.3) is 0 Å². The zero-order valence-corrected chi connectivity index (χ0v) is 22.3. The number of aldehydes is 1. The first-order chi connectivity index (χ1) is 19.6. The molecule has 0 saturated heterocycles. The van der Waals surface area contributed by atoms with E-state index >= 15 is 0 Å². The highest BCUT2D eigenvalue weighted by atomic mass is 16.3. The number of carbonyl (C=O) groups excluding carboxylic acids is 1. The van der Waals surface area contributed by atoms with Crippen molar-refractivity contribution in [3.8, 4) is 0 Å². The number of nitrogens with zero attached hydrogens (tertiary/aromatic N) is 3. The number of aliphatic hydroxyl groups is 1. The van der Waals surface area contributed by atoms with E-state index in [9.17, 15) is 9.90 Å². The second kappa shape index (κ2) is 10.7. The van der Waals surface area contributed by atoms with E-state index in [0.717, 1.165) is 45.0 Å². The molecule has 4 aromatic heterocycles. The number of hydrogen-bond donors (Lipinski definition) is 4. The Labute approximate surface area is 231 Å². The minimum atomic E-state index is -1.07. The molecule has 0 fully saturated rings. The molecule has 200 valence electrons. The van der Waals surface area contributed by atoms with Crippen LogP contribution in [0.3, 0.4) is 0 Å². The summed E-state index contributed by atoms with van der Waals surface area (Å²) in [6.45, 7) is 4.97. The maximum absolute atomic E-state index is 12.2. The van der Waals surface area contributed by atoms with Gasteiger partial charge >= 0.3 is 0 Å². The third-order valence-corrected chi connectivity index (χ3v) is 7.39. The van der Waals surface area contributed by atoms with Crippen LogP contribution in [0.15, 0.2) is 85.2 Å². The molecule has 2 aromatic carbocycles. The molecule has 0 spiro atoms. The normalized spacial score (nSPS) is 12.1. The lowest BCUT2D eigenvalue weighted by molar-refractivity contribution is 0.112. The lowest BCUT2D eigenvalue weighted by Crippen LogP contribution is -2.14. The number of fused-ring (bicyclic) bond motifs is 2. The minimum Gasteiger partial charge on any atom is -0.369 e. The van der Waals surface area contributed by atoms with Gasteiger partial charge in [-0.2, -0.15) is 0 Å². The molecule has 0 aliphatic heterocycles. The summed E-state index contributed by atoms with van der Waals surface area (Å²) in [7, 11) is 0. The molecule has 4 heterocycles. The van der Waals surface area contributed by atoms with Gasteiger partial charge in [0.15, 0.2) is 24.1 Å². The molecule has 6 rings (SSSR count). The van der Waals surface area contributed by atoms with E-state index in [0.29, 0.717) is 41.5 Å². The van der Waals surface area contributed by atoms with E-state index in [4.69, 9.17) is 0 Å². The number of nitrogens with one attached hydrogen (secondary N) is 3. The summed E-state index contributed by atoms with van der Waals surface area (Å²) in [5, 5.41) is 20.4. The third-order valence-electron chi connectivity index (χ3n) is 7.39. The van der Waals surface area contributed by atoms with Crippen LogP contribution in [0.5, 0.6) is 0 Å². The average molecular weight is 531 g/mol. The fourth-order valence-corrected chi connectivity index (χ4v) is 5.42. The van der Waals surface area contributed by atoms with E-state index in [-0.39, 0.29) is 0 Å². The number of anilines is 2. The van der Waals surface area contributed by atoms with Gasteiger partial charge in [-0.15, -0.1) is 0 Å². The van der Waals surface area contributed by atoms with E-state index in [1.807, 2.05) is 74.5 Å². The monoisotopic (exact) mass is 530 g/mol. The molecule has 0 aliphatic carbocycles. The lowest BCUT2D eigenvalue weighted by Gasteiger charge is -2.19. The molecule has 8 heteroatoms. The standard InChI is InChI=1S/C32H30N6O2/c1-20-27(25-14-16-33-30(28(25)37-20)35-17-22-9-5-3-6-10-22)32(40)38-21(2)26(19-39)24-13-15-34-31(29(24)38)36-18-23-11-7-4-8-12-23/h3-16,19,32,37,40H,17-18H2,1-2H3,(H,33,35)(H,34,36). The second-order valence-electron chi connectivity index (χ2n) is 9.84. The average Bonchev–Trinajstić information content (AvgIpc) is 3.48. The molecule has 0 radical (unpaired) electrons. The molecule has 0 amide bonds. The Kier molecular flexibility index (Phi) is 6.76. The first-order valence-corrected chi connectivity index (χ1v) is 13.2. The third kappa shape index (κ3) is 4.48. The van der Waals surface area contributed by atoms with E-state index in [2.05, 4.69) is 37.7 Å². The van der Waals surface area contributed by atoms with Gasteiger partial charge in [0.2, 0.25) is 0 Å². The van der Waals surface area contributed by atoms with Crippen molar-refractivity contribution < 1.29 is 9.90 Å². The van der Waals surface area contributed by atoms with Crippen LogP contribution in [0.1, 0.15) is 44.7 Å². The number of aryl methyl sites for hydroxylation is 1. The van der Waals surface area contributed by atoms with Gasteiger partial charge in [0.1, 0.15) is 0 Å². The Hall–Kier alpha value is -4.95. The SMILES string of the molecule is Cc1[nH]c2c(NCc3ccccc3)nccc2c1C(O)n1c(C)c(C=O)c2ccnc(NCc3ccccc3)c21. The molecule has 1 unspecified atom stereocenters. The van der Waals surface area contributed by atoms with E-state index in [1.165, 1.54) is 0 Å². The van der Waals surface area contributed by atoms with Gasteiger partial charge in [0.05, 0.1) is 11.0 Å². The maximum atomic E-state index is 12.2. The summed E-state index contributed by atoms with van der Waals surface area (Å²) in [5.74, 6) is 1.30. The Bertz CT molecular complexity index is 1810. The Morgan fingerprint density at radius 3 is 2.05 bits per heavy atom. The van der Waals surface area contributed by atoms with Crippen LogP contribution < -0.4 is 10.6 Å². The van der Waals surface area contributed by atoms with Crippen molar-refractivity contribution in [1.82, 2.24) is 19.5 Å². The fourth-order valence-electron chi connectivity index (χ4n) is 5.42. The van der Waals surface area contributed by atoms with Crippen molar-refractivity contribution in [3.63, 3.8) is 0 Å². The maximum Gasteiger partial charge on any atom is 0.159 e. The van der Waals surface area contributed by atoms with E-state index < -0.39 is 6.23 Å². The molecule has 6 aromatic rings. The first kappa shape index (κ1) is 25.3. The number of carbonyl (C=O) groups is 1. The van der Waals surface area contributed by atoms with Crippen molar-refractivity contribution in [3.05, 3.63) is 119 Å². The quantitative estimate of drug-likeness (QED) is 0.168. The lowest BCUT2D eigenvalue weighted by atomic mass is 10.1. The summed E-state index contributed by atoms with van der Waals surface area (Å²) in [6.07, 6.45) is 3.20. The van der Waals surface area contributed by atoms with Crippen LogP contribution in [-0.2, 0) is 13.1 Å². The predicted molar refractivity (Wildman–Crippen MR) is 159 cm³/mol. The number of aromatic nitrogens is 4. The van der Waals surface area contributed by atoms with Crippen LogP contribution in [0.4, 0.5) is 11.6 Å². The van der Waals surface area contributed by atoms with Crippen molar-refractivity contribution >= 4 is 39.7 Å². The molecule has 0 saturated carbocycles. The smallest absolute Gasteiger partial charge is 0.159 e. The van der Waals surface area contributed by atoms with Crippen LogP contribution >= 0.6 is 0 Å². The van der Waals surface area contributed by atoms with Gasteiger partial charge < -0.3 is 25.3 Å². The van der Waals surface area contributed by atoms with Crippen molar-refractivity contribution in [2.24, 2.45) is 0 Å². The molecular weight excluding hydrogens is 500 g/mol. The molecule has 0 aliphatic rings. The van der Waals surface area contributed by atoms with Gasteiger partial charge in [-0.1, -0.05) is 60.7 Å². The number of pyridine rings is 2. The fraction of sp³-hybridized carbons (Fsp3) is 0.156. The number of hydrogen-bond acceptors (Lipinski definition) is 6. The Morgan fingerprint density at radius 1 is 0.850 bits per heavy atom. The molecule has 4 N–H and O–H groups in total. The summed E-state index contributed by atoms with van der Waals surface area (Å²) in [4.78, 5) is 24.8. The van der Waals surface area contributed by atoms with Crippen LogP contribution in [0, 0.1) is 13.8 Å². The summed E-state index contributed by atoms with van der Waals surface area (Å²) >= 11 is 0. The number of aliphatic hydroxyl groups excluding tert-OH is 1. The summed E-state index contributed by atoms with van der Waals surface area (Å²) < 4.78 is 1.80.